The van der Waals surface area contributed by atoms with Gasteiger partial charge in [-0.15, -0.1) is 0 Å². The Morgan fingerprint density at radius 3 is 2.92 bits per heavy atom. The Balaban J connectivity index is 1.58. The molecule has 1 aliphatic heterocycles. The number of urea groups is 1. The molecule has 0 bridgehead atoms. The average molecular weight is 328 g/mol. The third-order valence-electron chi connectivity index (χ3n) is 3.80. The lowest BCUT2D eigenvalue weighted by molar-refractivity contribution is 0.0983. The van der Waals surface area contributed by atoms with Crippen LogP contribution < -0.4 is 14.8 Å². The van der Waals surface area contributed by atoms with E-state index >= 15 is 0 Å². The summed E-state index contributed by atoms with van der Waals surface area (Å²) in [6.45, 7) is 1.21. The summed E-state index contributed by atoms with van der Waals surface area (Å²) in [5.41, 5.74) is 0.703. The summed E-state index contributed by atoms with van der Waals surface area (Å²) in [4.78, 5) is 22.3. The van der Waals surface area contributed by atoms with Gasteiger partial charge in [-0.25, -0.2) is 14.8 Å². The second-order valence-corrected chi connectivity index (χ2v) is 5.52. The molecule has 7 nitrogen and oxygen atoms in total. The zero-order chi connectivity index (χ0) is 16.8. The average Bonchev–Trinajstić information content (AvgIpc) is 2.63. The van der Waals surface area contributed by atoms with Gasteiger partial charge < -0.3 is 19.7 Å². The van der Waals surface area contributed by atoms with Gasteiger partial charge in [0.1, 0.15) is 11.9 Å². The van der Waals surface area contributed by atoms with Crippen molar-refractivity contribution in [3.8, 4) is 11.8 Å². The Kier molecular flexibility index (Phi) is 5.10. The number of carbonyl (C=O) groups is 1. The first kappa shape index (κ1) is 16.0. The molecule has 1 aliphatic rings. The van der Waals surface area contributed by atoms with E-state index in [0.717, 1.165) is 12.8 Å². The lowest BCUT2D eigenvalue weighted by Gasteiger charge is -2.32. The van der Waals surface area contributed by atoms with Crippen molar-refractivity contribution in [3.05, 3.63) is 42.7 Å². The quantitative estimate of drug-likeness (QED) is 0.933. The van der Waals surface area contributed by atoms with Crippen LogP contribution >= 0.6 is 0 Å². The third-order valence-corrected chi connectivity index (χ3v) is 3.80. The Hall–Kier alpha value is -2.83. The van der Waals surface area contributed by atoms with E-state index in [9.17, 15) is 4.79 Å². The van der Waals surface area contributed by atoms with E-state index < -0.39 is 0 Å². The van der Waals surface area contributed by atoms with Gasteiger partial charge in [0.05, 0.1) is 13.7 Å². The number of nitrogens with one attached hydrogen (secondary N) is 1. The summed E-state index contributed by atoms with van der Waals surface area (Å²) >= 11 is 0. The van der Waals surface area contributed by atoms with Crippen LogP contribution in [0.2, 0.25) is 0 Å². The predicted molar refractivity (Wildman–Crippen MR) is 89.3 cm³/mol. The van der Waals surface area contributed by atoms with Crippen LogP contribution in [0, 0.1) is 0 Å². The van der Waals surface area contributed by atoms with Crippen LogP contribution in [-0.4, -0.2) is 47.2 Å². The SMILES string of the molecule is COc1cccc(NC(=O)N2CCCC(Oc3ncccn3)C2)c1. The number of amides is 2. The maximum absolute atomic E-state index is 12.5. The van der Waals surface area contributed by atoms with Crippen LogP contribution in [0.25, 0.3) is 0 Å². The van der Waals surface area contributed by atoms with Gasteiger partial charge in [0.15, 0.2) is 0 Å². The monoisotopic (exact) mass is 328 g/mol. The number of hydrogen-bond donors (Lipinski definition) is 1. The molecule has 1 atom stereocenters. The summed E-state index contributed by atoms with van der Waals surface area (Å²) in [6, 6.07) is 9.22. The molecule has 0 spiro atoms. The highest BCUT2D eigenvalue weighted by Crippen LogP contribution is 2.19. The van der Waals surface area contributed by atoms with E-state index in [1.54, 1.807) is 36.5 Å². The smallest absolute Gasteiger partial charge is 0.321 e. The zero-order valence-electron chi connectivity index (χ0n) is 13.5. The van der Waals surface area contributed by atoms with Gasteiger partial charge in [-0.2, -0.15) is 0 Å². The number of rotatable bonds is 4. The molecule has 0 radical (unpaired) electrons. The number of nitrogens with zero attached hydrogens (tertiary/aromatic N) is 3. The van der Waals surface area contributed by atoms with Gasteiger partial charge in [-0.1, -0.05) is 6.07 Å². The molecular weight excluding hydrogens is 308 g/mol. The minimum atomic E-state index is -0.148. The molecule has 2 heterocycles. The predicted octanol–water partition coefficient (Wildman–Crippen LogP) is 2.56. The van der Waals surface area contributed by atoms with E-state index in [1.165, 1.54) is 0 Å². The van der Waals surface area contributed by atoms with Crippen molar-refractivity contribution in [1.29, 1.82) is 0 Å². The fourth-order valence-corrected chi connectivity index (χ4v) is 2.62. The molecule has 0 saturated carbocycles. The Bertz CT molecular complexity index is 681. The first-order valence-corrected chi connectivity index (χ1v) is 7.88. The number of aromatic nitrogens is 2. The fraction of sp³-hybridized carbons (Fsp3) is 0.353. The second-order valence-electron chi connectivity index (χ2n) is 5.52. The number of anilines is 1. The summed E-state index contributed by atoms with van der Waals surface area (Å²) in [5, 5.41) is 2.89. The van der Waals surface area contributed by atoms with Crippen LogP contribution in [0.5, 0.6) is 11.8 Å². The Labute approximate surface area is 140 Å². The minimum Gasteiger partial charge on any atom is -0.497 e. The molecule has 7 heteroatoms. The van der Waals surface area contributed by atoms with Crippen molar-refractivity contribution < 1.29 is 14.3 Å². The van der Waals surface area contributed by atoms with Crippen molar-refractivity contribution in [1.82, 2.24) is 14.9 Å². The maximum atomic E-state index is 12.5. The molecule has 0 aliphatic carbocycles. The number of ether oxygens (including phenoxy) is 2. The fourth-order valence-electron chi connectivity index (χ4n) is 2.62. The standard InChI is InChI=1S/C17H20N4O3/c1-23-14-6-2-5-13(11-14)20-17(22)21-10-3-7-15(12-21)24-16-18-8-4-9-19-16/h2,4-6,8-9,11,15H,3,7,10,12H2,1H3,(H,20,22). The van der Waals surface area contributed by atoms with E-state index in [1.807, 2.05) is 18.2 Å². The van der Waals surface area contributed by atoms with E-state index in [0.29, 0.717) is 30.5 Å². The molecule has 126 valence electrons. The highest BCUT2D eigenvalue weighted by atomic mass is 16.5. The van der Waals surface area contributed by atoms with Crippen molar-refractivity contribution >= 4 is 11.7 Å². The molecule has 24 heavy (non-hydrogen) atoms. The highest BCUT2D eigenvalue weighted by molar-refractivity contribution is 5.89. The van der Waals surface area contributed by atoms with E-state index in [4.69, 9.17) is 9.47 Å². The first-order valence-electron chi connectivity index (χ1n) is 7.88. The topological polar surface area (TPSA) is 76.6 Å². The summed E-state index contributed by atoms with van der Waals surface area (Å²) in [7, 11) is 1.60. The van der Waals surface area contributed by atoms with E-state index in [2.05, 4.69) is 15.3 Å². The van der Waals surface area contributed by atoms with Gasteiger partial charge in [0.25, 0.3) is 0 Å². The molecule has 2 amide bonds. The van der Waals surface area contributed by atoms with Crippen LogP contribution in [-0.2, 0) is 0 Å². The third kappa shape index (κ3) is 4.13. The largest absolute Gasteiger partial charge is 0.497 e. The van der Waals surface area contributed by atoms with E-state index in [-0.39, 0.29) is 12.1 Å². The van der Waals surface area contributed by atoms with Crippen LogP contribution in [0.1, 0.15) is 12.8 Å². The maximum Gasteiger partial charge on any atom is 0.321 e. The summed E-state index contributed by atoms with van der Waals surface area (Å²) in [5.74, 6) is 0.703. The lowest BCUT2D eigenvalue weighted by atomic mass is 10.1. The molecule has 1 saturated heterocycles. The first-order chi connectivity index (χ1) is 11.7. The molecule has 1 aromatic carbocycles. The lowest BCUT2D eigenvalue weighted by Crippen LogP contribution is -2.46. The van der Waals surface area contributed by atoms with Crippen molar-refractivity contribution in [2.45, 2.75) is 18.9 Å². The highest BCUT2D eigenvalue weighted by Gasteiger charge is 2.25. The number of likely N-dealkylation sites (tertiary alicyclic amines) is 1. The summed E-state index contributed by atoms with van der Waals surface area (Å²) < 4.78 is 10.9. The molecule has 1 N–H and O–H groups in total. The normalized spacial score (nSPS) is 17.2. The summed E-state index contributed by atoms with van der Waals surface area (Å²) in [6.07, 6.45) is 4.93. The Morgan fingerprint density at radius 1 is 1.29 bits per heavy atom. The molecule has 1 unspecified atom stereocenters. The molecule has 3 rings (SSSR count). The minimum absolute atomic E-state index is 0.0998. The second kappa shape index (κ2) is 7.63. The number of methoxy groups -OCH3 is 1. The number of piperidine rings is 1. The van der Waals surface area contributed by atoms with Gasteiger partial charge in [-0.05, 0) is 31.0 Å². The van der Waals surface area contributed by atoms with Gasteiger partial charge >= 0.3 is 12.0 Å². The number of carbonyl (C=O) groups excluding carboxylic acids is 1. The van der Waals surface area contributed by atoms with Crippen molar-refractivity contribution in [2.24, 2.45) is 0 Å². The van der Waals surface area contributed by atoms with Crippen LogP contribution in [0.4, 0.5) is 10.5 Å². The molecule has 1 fully saturated rings. The van der Waals surface area contributed by atoms with Crippen LogP contribution in [0.15, 0.2) is 42.7 Å². The zero-order valence-corrected chi connectivity index (χ0v) is 13.5. The number of hydrogen-bond acceptors (Lipinski definition) is 5. The molecule has 1 aromatic heterocycles. The molecular formula is C17H20N4O3. The van der Waals surface area contributed by atoms with Gasteiger partial charge in [-0.3, -0.25) is 0 Å². The molecule has 2 aromatic rings. The van der Waals surface area contributed by atoms with Gasteiger partial charge in [0, 0.05) is 30.7 Å². The number of benzene rings is 1. The van der Waals surface area contributed by atoms with Gasteiger partial charge in [0.2, 0.25) is 0 Å². The Morgan fingerprint density at radius 2 is 2.12 bits per heavy atom. The van der Waals surface area contributed by atoms with Crippen molar-refractivity contribution in [3.63, 3.8) is 0 Å². The van der Waals surface area contributed by atoms with Crippen molar-refractivity contribution in [2.75, 3.05) is 25.5 Å². The van der Waals surface area contributed by atoms with Crippen LogP contribution in [0.3, 0.4) is 0 Å².